The summed E-state index contributed by atoms with van der Waals surface area (Å²) >= 11 is 0. The van der Waals surface area contributed by atoms with Gasteiger partial charge >= 0.3 is 0 Å². The van der Waals surface area contributed by atoms with E-state index in [4.69, 9.17) is 18.1 Å². The molecule has 0 unspecified atom stereocenters. The van der Waals surface area contributed by atoms with Crippen molar-refractivity contribution in [3.05, 3.63) is 0 Å². The van der Waals surface area contributed by atoms with Crippen LogP contribution in [0.2, 0.25) is 0 Å². The van der Waals surface area contributed by atoms with E-state index in [0.29, 0.717) is 0 Å². The molecule has 0 spiro atoms. The summed E-state index contributed by atoms with van der Waals surface area (Å²) in [7, 11) is 0. The summed E-state index contributed by atoms with van der Waals surface area (Å²) in [6, 6.07) is -3.12. The van der Waals surface area contributed by atoms with Gasteiger partial charge in [0.2, 0.25) is 0 Å². The lowest BCUT2D eigenvalue weighted by molar-refractivity contribution is 0.0866. The first-order valence-corrected chi connectivity index (χ1v) is 1.70. The molecule has 0 aromatic rings. The highest BCUT2D eigenvalue weighted by Crippen LogP contribution is 2.01. The topological polar surface area (TPSA) is 35.2 Å². The molecule has 0 radical (unpaired) electrons. The zero-order valence-electron chi connectivity index (χ0n) is 12.5. The molecule has 0 saturated carbocycles. The smallest absolute Gasteiger partial charge is 0.0567 e. The summed E-state index contributed by atoms with van der Waals surface area (Å²) in [6.45, 7) is -6.39. The first-order valence-electron chi connectivity index (χ1n) is 6.20. The SMILES string of the molecule is [2H]C1([2H])OC([2H])([2H])C([2H])([2H])C([2H])(N)C1([2H])[2H]. The molecule has 0 amide bonds. The molecule has 2 nitrogen and oxygen atoms in total. The van der Waals surface area contributed by atoms with E-state index in [-0.39, 0.29) is 0 Å². The highest BCUT2D eigenvalue weighted by Gasteiger charge is 2.06. The Balaban J connectivity index is 3.43. The average Bonchev–Trinajstić information content (AvgIpc) is 1.98. The Hall–Kier alpha value is -0.0800. The summed E-state index contributed by atoms with van der Waals surface area (Å²) in [5, 5.41) is 0. The van der Waals surface area contributed by atoms with Gasteiger partial charge in [0.05, 0.1) is 5.48 Å². The van der Waals surface area contributed by atoms with Gasteiger partial charge in [-0.25, -0.2) is 0 Å². The third-order valence-corrected chi connectivity index (χ3v) is 0.473. The van der Waals surface area contributed by atoms with E-state index in [0.717, 1.165) is 0 Å². The summed E-state index contributed by atoms with van der Waals surface area (Å²) < 4.78 is 69.5. The highest BCUT2D eigenvalue weighted by molar-refractivity contribution is 4.63. The molecule has 42 valence electrons. The maximum absolute atomic E-state index is 7.41. The Bertz CT molecular complexity index is 283. The van der Waals surface area contributed by atoms with Crippen molar-refractivity contribution in [2.75, 3.05) is 13.1 Å². The van der Waals surface area contributed by atoms with Gasteiger partial charge in [-0.1, -0.05) is 0 Å². The fourth-order valence-corrected chi connectivity index (χ4v) is 0.218. The van der Waals surface area contributed by atoms with Crippen molar-refractivity contribution in [1.29, 1.82) is 0 Å². The molecule has 7 heavy (non-hydrogen) atoms. The molecular formula is C5H11NO. The summed E-state index contributed by atoms with van der Waals surface area (Å²) in [5.74, 6) is 0. The largest absolute Gasteiger partial charge is 0.381 e. The van der Waals surface area contributed by atoms with Crippen LogP contribution in [0.4, 0.5) is 0 Å². The monoisotopic (exact) mass is 110 g/mol. The minimum atomic E-state index is -3.20. The fourth-order valence-electron chi connectivity index (χ4n) is 0.218. The van der Waals surface area contributed by atoms with Crippen molar-refractivity contribution >= 4 is 0 Å². The first kappa shape index (κ1) is 0.957. The number of nitrogens with two attached hydrogens (primary N) is 1. The molecule has 0 aromatic heterocycles. The maximum atomic E-state index is 7.41. The molecule has 1 saturated heterocycles. The first-order chi connectivity index (χ1) is 6.71. The van der Waals surface area contributed by atoms with Gasteiger partial charge in [0.15, 0.2) is 0 Å². The molecule has 1 aliphatic heterocycles. The van der Waals surface area contributed by atoms with Crippen molar-refractivity contribution in [1.82, 2.24) is 0 Å². The lowest BCUT2D eigenvalue weighted by atomic mass is 10.1. The highest BCUT2D eigenvalue weighted by atomic mass is 16.5. The second-order valence-electron chi connectivity index (χ2n) is 0.970. The van der Waals surface area contributed by atoms with Crippen LogP contribution in [0.3, 0.4) is 0 Å². The Labute approximate surface area is 56.3 Å². The van der Waals surface area contributed by atoms with Crippen molar-refractivity contribution in [3.63, 3.8) is 0 Å². The molecular weight excluding hydrogens is 90.1 g/mol. The third-order valence-electron chi connectivity index (χ3n) is 0.473. The van der Waals surface area contributed by atoms with E-state index in [2.05, 4.69) is 4.74 Å². The molecule has 0 atom stereocenters. The Morgan fingerprint density at radius 2 is 2.29 bits per heavy atom. The minimum Gasteiger partial charge on any atom is -0.381 e. The summed E-state index contributed by atoms with van der Waals surface area (Å²) in [5.41, 5.74) is 5.14. The quantitative estimate of drug-likeness (QED) is 0.481. The molecule has 1 heterocycles. The van der Waals surface area contributed by atoms with Crippen LogP contribution in [0.5, 0.6) is 0 Å². The van der Waals surface area contributed by atoms with Crippen molar-refractivity contribution < 1.29 is 17.1 Å². The molecule has 1 aliphatic rings. The van der Waals surface area contributed by atoms with Crippen molar-refractivity contribution in [2.45, 2.75) is 18.8 Å². The van der Waals surface area contributed by atoms with Crippen LogP contribution < -0.4 is 5.73 Å². The lowest BCUT2D eigenvalue weighted by Gasteiger charge is -2.16. The van der Waals surface area contributed by atoms with Crippen molar-refractivity contribution in [2.24, 2.45) is 5.73 Å². The van der Waals surface area contributed by atoms with Gasteiger partial charge in [-0.05, 0) is 12.7 Å². The van der Waals surface area contributed by atoms with E-state index in [1.807, 2.05) is 0 Å². The Morgan fingerprint density at radius 1 is 1.71 bits per heavy atom. The van der Waals surface area contributed by atoms with Crippen LogP contribution >= 0.6 is 0 Å². The second kappa shape index (κ2) is 2.28. The number of hydrogen-bond donors (Lipinski definition) is 1. The molecule has 2 heteroatoms. The van der Waals surface area contributed by atoms with E-state index in [1.165, 1.54) is 0 Å². The lowest BCUT2D eigenvalue weighted by Crippen LogP contribution is -2.28. The van der Waals surface area contributed by atoms with Gasteiger partial charge in [-0.2, -0.15) is 0 Å². The van der Waals surface area contributed by atoms with Crippen LogP contribution in [-0.4, -0.2) is 19.1 Å². The normalized spacial score (nSPS) is 77.6. The number of rotatable bonds is 0. The standard InChI is InChI=1S/C5H11NO/c6-5-1-3-7-4-2-5/h5H,1-4,6H2/i1D2,2D2,3D2,4D2,5D. The van der Waals surface area contributed by atoms with E-state index < -0.39 is 31.9 Å². The van der Waals surface area contributed by atoms with Gasteiger partial charge < -0.3 is 10.5 Å². The van der Waals surface area contributed by atoms with Gasteiger partial charge in [0.25, 0.3) is 0 Å². The van der Waals surface area contributed by atoms with Crippen LogP contribution in [-0.2, 0) is 4.74 Å². The molecule has 0 aromatic carbocycles. The third kappa shape index (κ3) is 1.45. The number of hydrogen-bond acceptors (Lipinski definition) is 2. The maximum Gasteiger partial charge on any atom is 0.0567 e. The van der Waals surface area contributed by atoms with E-state index in [1.54, 1.807) is 0 Å². The second-order valence-corrected chi connectivity index (χ2v) is 0.970. The Morgan fingerprint density at radius 3 is 2.86 bits per heavy atom. The van der Waals surface area contributed by atoms with Gasteiger partial charge in [0.1, 0.15) is 0 Å². The summed E-state index contributed by atoms with van der Waals surface area (Å²) in [6.07, 6.45) is -6.40. The van der Waals surface area contributed by atoms with Crippen LogP contribution in [0.1, 0.15) is 25.1 Å². The molecule has 0 aliphatic carbocycles. The average molecular weight is 110 g/mol. The molecule has 2 N–H and O–H groups in total. The van der Waals surface area contributed by atoms with E-state index in [9.17, 15) is 0 Å². The number of ether oxygens (including phenoxy) is 1. The fraction of sp³-hybridized carbons (Fsp3) is 1.00. The van der Waals surface area contributed by atoms with Gasteiger partial charge in [-0.3, -0.25) is 0 Å². The van der Waals surface area contributed by atoms with Gasteiger partial charge in [-0.15, -0.1) is 0 Å². The summed E-state index contributed by atoms with van der Waals surface area (Å²) in [4.78, 5) is 0. The van der Waals surface area contributed by atoms with Gasteiger partial charge in [0, 0.05) is 26.0 Å². The Kier molecular flexibility index (Phi) is 0.312. The molecule has 1 fully saturated rings. The zero-order valence-corrected chi connectivity index (χ0v) is 3.49. The van der Waals surface area contributed by atoms with Crippen LogP contribution in [0.15, 0.2) is 0 Å². The molecule has 0 bridgehead atoms. The van der Waals surface area contributed by atoms with Crippen LogP contribution in [0.25, 0.3) is 0 Å². The predicted octanol–water partition coefficient (Wildman–Crippen LogP) is 0.124. The zero-order chi connectivity index (χ0) is 13.2. The van der Waals surface area contributed by atoms with Crippen LogP contribution in [0, 0.1) is 0 Å². The van der Waals surface area contributed by atoms with Crippen molar-refractivity contribution in [3.8, 4) is 0 Å². The van der Waals surface area contributed by atoms with E-state index >= 15 is 0 Å². The predicted molar refractivity (Wildman–Crippen MR) is 28.0 cm³/mol. The minimum absolute atomic E-state index is 3.12. The molecule has 1 rings (SSSR count).